The van der Waals surface area contributed by atoms with E-state index in [0.29, 0.717) is 31.1 Å². The van der Waals surface area contributed by atoms with E-state index in [4.69, 9.17) is 5.73 Å². The maximum atomic E-state index is 13.7. The number of benzene rings is 1. The fourth-order valence-electron chi connectivity index (χ4n) is 3.18. The molecule has 1 amide bonds. The van der Waals surface area contributed by atoms with Gasteiger partial charge in [-0.15, -0.1) is 12.4 Å². The number of nitrogens with two attached hydrogens (primary N) is 1. The molecule has 0 bridgehead atoms. The lowest BCUT2D eigenvalue weighted by Gasteiger charge is -2.39. The SMILES string of the molecule is CC1CCCN(CC(=O)N(C)Cc2ccccc2F)C1CN.Cl. The molecule has 1 saturated heterocycles. The summed E-state index contributed by atoms with van der Waals surface area (Å²) in [5, 5.41) is 0. The molecule has 0 aliphatic carbocycles. The number of likely N-dealkylation sites (tertiary alicyclic amines) is 1. The lowest BCUT2D eigenvalue weighted by atomic mass is 9.91. The summed E-state index contributed by atoms with van der Waals surface area (Å²) < 4.78 is 13.7. The summed E-state index contributed by atoms with van der Waals surface area (Å²) in [6.45, 7) is 4.33. The third-order valence-corrected chi connectivity index (χ3v) is 4.60. The van der Waals surface area contributed by atoms with Crippen LogP contribution in [0.4, 0.5) is 4.39 Å². The maximum absolute atomic E-state index is 13.7. The number of hydrogen-bond donors (Lipinski definition) is 1. The fraction of sp³-hybridized carbons (Fsp3) is 0.588. The zero-order chi connectivity index (χ0) is 16.1. The van der Waals surface area contributed by atoms with Crippen LogP contribution in [0.2, 0.25) is 0 Å². The molecular formula is C17H27ClFN3O. The van der Waals surface area contributed by atoms with E-state index in [1.54, 1.807) is 30.1 Å². The number of carbonyl (C=O) groups is 1. The molecule has 2 unspecified atom stereocenters. The highest BCUT2D eigenvalue weighted by atomic mass is 35.5. The van der Waals surface area contributed by atoms with Crippen LogP contribution >= 0.6 is 12.4 Å². The monoisotopic (exact) mass is 343 g/mol. The smallest absolute Gasteiger partial charge is 0.236 e. The summed E-state index contributed by atoms with van der Waals surface area (Å²) in [5.41, 5.74) is 6.41. The molecule has 1 fully saturated rings. The Kier molecular flexibility index (Phi) is 7.95. The predicted octanol–water partition coefficient (Wildman–Crippen LogP) is 2.27. The Hall–Kier alpha value is -1.17. The number of piperidine rings is 1. The zero-order valence-electron chi connectivity index (χ0n) is 13.9. The first-order valence-electron chi connectivity index (χ1n) is 7.94. The van der Waals surface area contributed by atoms with Crippen LogP contribution in [0.3, 0.4) is 0 Å². The Labute approximate surface area is 144 Å². The summed E-state index contributed by atoms with van der Waals surface area (Å²) in [4.78, 5) is 16.2. The molecule has 1 heterocycles. The van der Waals surface area contributed by atoms with Gasteiger partial charge < -0.3 is 10.6 Å². The van der Waals surface area contributed by atoms with E-state index in [1.165, 1.54) is 6.07 Å². The van der Waals surface area contributed by atoms with Crippen molar-refractivity contribution in [3.05, 3.63) is 35.6 Å². The summed E-state index contributed by atoms with van der Waals surface area (Å²) in [6, 6.07) is 6.84. The van der Waals surface area contributed by atoms with Crippen LogP contribution in [-0.4, -0.2) is 48.4 Å². The van der Waals surface area contributed by atoms with Gasteiger partial charge >= 0.3 is 0 Å². The summed E-state index contributed by atoms with van der Waals surface area (Å²) in [6.07, 6.45) is 2.26. The van der Waals surface area contributed by atoms with Crippen LogP contribution in [-0.2, 0) is 11.3 Å². The van der Waals surface area contributed by atoms with Crippen molar-refractivity contribution >= 4 is 18.3 Å². The molecular weight excluding hydrogens is 317 g/mol. The minimum Gasteiger partial charge on any atom is -0.340 e. The number of rotatable bonds is 5. The number of likely N-dealkylation sites (N-methyl/N-ethyl adjacent to an activating group) is 1. The Morgan fingerprint density at radius 3 is 2.78 bits per heavy atom. The number of halogens is 2. The molecule has 6 heteroatoms. The fourth-order valence-corrected chi connectivity index (χ4v) is 3.18. The molecule has 1 aromatic carbocycles. The van der Waals surface area contributed by atoms with Crippen molar-refractivity contribution in [1.82, 2.24) is 9.80 Å². The van der Waals surface area contributed by atoms with Crippen LogP contribution in [0.25, 0.3) is 0 Å². The van der Waals surface area contributed by atoms with Crippen molar-refractivity contribution in [3.8, 4) is 0 Å². The maximum Gasteiger partial charge on any atom is 0.236 e. The van der Waals surface area contributed by atoms with Crippen LogP contribution in [0.1, 0.15) is 25.3 Å². The molecule has 130 valence electrons. The molecule has 0 aromatic heterocycles. The number of hydrogen-bond acceptors (Lipinski definition) is 3. The second-order valence-corrected chi connectivity index (χ2v) is 6.23. The summed E-state index contributed by atoms with van der Waals surface area (Å²) in [5.74, 6) is 0.257. The molecule has 1 aromatic rings. The number of nitrogens with zero attached hydrogens (tertiary/aromatic N) is 2. The average molecular weight is 344 g/mol. The minimum absolute atomic E-state index is 0. The lowest BCUT2D eigenvalue weighted by Crippen LogP contribution is -2.52. The van der Waals surface area contributed by atoms with Crippen LogP contribution in [0.5, 0.6) is 0 Å². The molecule has 2 rings (SSSR count). The third kappa shape index (κ3) is 5.16. The molecule has 2 atom stereocenters. The van der Waals surface area contributed by atoms with Crippen molar-refractivity contribution in [2.75, 3.05) is 26.7 Å². The van der Waals surface area contributed by atoms with E-state index in [-0.39, 0.29) is 30.2 Å². The van der Waals surface area contributed by atoms with Gasteiger partial charge in [-0.05, 0) is 31.4 Å². The Bertz CT molecular complexity index is 514. The normalized spacial score (nSPS) is 21.6. The molecule has 2 N–H and O–H groups in total. The topological polar surface area (TPSA) is 49.6 Å². The van der Waals surface area contributed by atoms with E-state index in [2.05, 4.69) is 11.8 Å². The Morgan fingerprint density at radius 2 is 2.13 bits per heavy atom. The first-order chi connectivity index (χ1) is 10.5. The molecule has 0 radical (unpaired) electrons. The van der Waals surface area contributed by atoms with Crippen molar-refractivity contribution in [2.45, 2.75) is 32.4 Å². The van der Waals surface area contributed by atoms with Gasteiger partial charge in [0, 0.05) is 31.7 Å². The molecule has 0 spiro atoms. The molecule has 1 aliphatic rings. The molecule has 4 nitrogen and oxygen atoms in total. The van der Waals surface area contributed by atoms with E-state index in [0.717, 1.165) is 19.4 Å². The predicted molar refractivity (Wildman–Crippen MR) is 92.9 cm³/mol. The van der Waals surface area contributed by atoms with Gasteiger partial charge in [0.2, 0.25) is 5.91 Å². The van der Waals surface area contributed by atoms with Gasteiger partial charge in [-0.1, -0.05) is 25.1 Å². The quantitative estimate of drug-likeness (QED) is 0.892. The highest BCUT2D eigenvalue weighted by molar-refractivity contribution is 5.85. The van der Waals surface area contributed by atoms with Crippen LogP contribution in [0.15, 0.2) is 24.3 Å². The van der Waals surface area contributed by atoms with Gasteiger partial charge in [-0.25, -0.2) is 4.39 Å². The van der Waals surface area contributed by atoms with E-state index < -0.39 is 0 Å². The lowest BCUT2D eigenvalue weighted by molar-refractivity contribution is -0.132. The second-order valence-electron chi connectivity index (χ2n) is 6.23. The van der Waals surface area contributed by atoms with Crippen LogP contribution < -0.4 is 5.73 Å². The Morgan fingerprint density at radius 1 is 1.43 bits per heavy atom. The first kappa shape index (κ1) is 19.9. The summed E-state index contributed by atoms with van der Waals surface area (Å²) >= 11 is 0. The first-order valence-corrected chi connectivity index (χ1v) is 7.94. The third-order valence-electron chi connectivity index (χ3n) is 4.60. The van der Waals surface area contributed by atoms with Gasteiger partial charge in [-0.2, -0.15) is 0 Å². The van der Waals surface area contributed by atoms with Gasteiger partial charge in [0.05, 0.1) is 6.54 Å². The molecule has 23 heavy (non-hydrogen) atoms. The summed E-state index contributed by atoms with van der Waals surface area (Å²) in [7, 11) is 1.72. The van der Waals surface area contributed by atoms with E-state index >= 15 is 0 Å². The molecule has 1 aliphatic heterocycles. The molecule has 0 saturated carbocycles. The average Bonchev–Trinajstić information content (AvgIpc) is 2.49. The number of carbonyl (C=O) groups excluding carboxylic acids is 1. The van der Waals surface area contributed by atoms with E-state index in [1.807, 2.05) is 0 Å². The standard InChI is InChI=1S/C17H26FN3O.ClH/c1-13-6-5-9-21(16(13)10-19)12-17(22)20(2)11-14-7-3-4-8-15(14)18;/h3-4,7-8,13,16H,5-6,9-12,19H2,1-2H3;1H. The second kappa shape index (κ2) is 9.21. The highest BCUT2D eigenvalue weighted by Gasteiger charge is 2.29. The van der Waals surface area contributed by atoms with E-state index in [9.17, 15) is 9.18 Å². The highest BCUT2D eigenvalue weighted by Crippen LogP contribution is 2.22. The van der Waals surface area contributed by atoms with Crippen molar-refractivity contribution in [1.29, 1.82) is 0 Å². The van der Waals surface area contributed by atoms with Gasteiger partial charge in [-0.3, -0.25) is 9.69 Å². The minimum atomic E-state index is -0.270. The van der Waals surface area contributed by atoms with Crippen molar-refractivity contribution in [2.24, 2.45) is 11.7 Å². The zero-order valence-corrected chi connectivity index (χ0v) is 14.7. The van der Waals surface area contributed by atoms with Crippen molar-refractivity contribution in [3.63, 3.8) is 0 Å². The van der Waals surface area contributed by atoms with Gasteiger partial charge in [0.25, 0.3) is 0 Å². The number of amides is 1. The Balaban J connectivity index is 0.00000264. The largest absolute Gasteiger partial charge is 0.340 e. The van der Waals surface area contributed by atoms with Crippen LogP contribution in [0, 0.1) is 11.7 Å². The van der Waals surface area contributed by atoms with Gasteiger partial charge in [0.15, 0.2) is 0 Å². The van der Waals surface area contributed by atoms with Crippen molar-refractivity contribution < 1.29 is 9.18 Å². The van der Waals surface area contributed by atoms with Gasteiger partial charge in [0.1, 0.15) is 5.82 Å².